The van der Waals surface area contributed by atoms with E-state index in [1.165, 1.54) is 0 Å². The molecule has 18 heavy (non-hydrogen) atoms. The maximum absolute atomic E-state index is 12.3. The number of hydrogen-bond acceptors (Lipinski definition) is 2. The lowest BCUT2D eigenvalue weighted by molar-refractivity contribution is 0.0978. The number of ketones is 1. The second kappa shape index (κ2) is 5.61. The summed E-state index contributed by atoms with van der Waals surface area (Å²) in [6.07, 6.45) is 0. The number of Topliss-reactive ketones (excluding diaryl/α,β-unsaturated/α-hetero) is 1. The lowest BCUT2D eigenvalue weighted by Gasteiger charge is -2.10. The number of rotatable bonds is 3. The summed E-state index contributed by atoms with van der Waals surface area (Å²) >= 11 is 3.38. The maximum atomic E-state index is 12.3. The average molecular weight is 300 g/mol. The molecule has 0 heterocycles. The van der Waals surface area contributed by atoms with E-state index in [0.717, 1.165) is 4.47 Å². The normalized spacial score (nSPS) is 11.6. The summed E-state index contributed by atoms with van der Waals surface area (Å²) in [4.78, 5) is 12.3. The van der Waals surface area contributed by atoms with Gasteiger partial charge in [-0.15, -0.1) is 0 Å². The Morgan fingerprint density at radius 3 is 2.28 bits per heavy atom. The molecule has 0 radical (unpaired) electrons. The lowest BCUT2D eigenvalue weighted by atomic mass is 9.92. The Bertz CT molecular complexity index is 601. The Morgan fingerprint density at radius 1 is 1.06 bits per heavy atom. The van der Waals surface area contributed by atoms with Crippen molar-refractivity contribution in [1.82, 2.24) is 0 Å². The first-order valence-electron chi connectivity index (χ1n) is 5.47. The third-order valence-corrected chi connectivity index (χ3v) is 3.39. The Labute approximate surface area is 114 Å². The number of halogens is 1. The number of nitrogens with zero attached hydrogens (tertiary/aromatic N) is 1. The summed E-state index contributed by atoms with van der Waals surface area (Å²) in [5, 5.41) is 9.24. The fourth-order valence-corrected chi connectivity index (χ4v) is 2.26. The number of benzene rings is 2. The van der Waals surface area contributed by atoms with E-state index in [1.807, 2.05) is 24.3 Å². The van der Waals surface area contributed by atoms with Gasteiger partial charge in [0.1, 0.15) is 5.92 Å². The molecular formula is C15H10BrNO. The predicted molar refractivity (Wildman–Crippen MR) is 73.3 cm³/mol. The van der Waals surface area contributed by atoms with Crippen LogP contribution in [-0.4, -0.2) is 5.78 Å². The number of carbonyl (C=O) groups is 1. The summed E-state index contributed by atoms with van der Waals surface area (Å²) < 4.78 is 0.779. The molecule has 0 amide bonds. The average Bonchev–Trinajstić information content (AvgIpc) is 2.42. The summed E-state index contributed by atoms with van der Waals surface area (Å²) in [5.41, 5.74) is 1.26. The van der Waals surface area contributed by atoms with Crippen molar-refractivity contribution >= 4 is 21.7 Å². The quantitative estimate of drug-likeness (QED) is 0.806. The maximum Gasteiger partial charge on any atom is 0.184 e. The van der Waals surface area contributed by atoms with E-state index in [1.54, 1.807) is 30.3 Å². The molecule has 88 valence electrons. The second-order valence-corrected chi connectivity index (χ2v) is 4.67. The molecule has 0 aromatic heterocycles. The van der Waals surface area contributed by atoms with E-state index in [2.05, 4.69) is 22.0 Å². The van der Waals surface area contributed by atoms with Crippen LogP contribution in [0.2, 0.25) is 0 Å². The molecule has 0 N–H and O–H groups in total. The minimum atomic E-state index is -0.775. The van der Waals surface area contributed by atoms with Gasteiger partial charge in [-0.25, -0.2) is 0 Å². The lowest BCUT2D eigenvalue weighted by Crippen LogP contribution is -2.11. The van der Waals surface area contributed by atoms with Crippen LogP contribution in [0, 0.1) is 11.3 Å². The zero-order valence-corrected chi connectivity index (χ0v) is 11.1. The largest absolute Gasteiger partial charge is 0.292 e. The molecule has 0 fully saturated rings. The molecule has 0 spiro atoms. The Hall–Kier alpha value is -1.92. The van der Waals surface area contributed by atoms with Gasteiger partial charge in [-0.3, -0.25) is 4.79 Å². The highest BCUT2D eigenvalue weighted by Gasteiger charge is 2.23. The first-order chi connectivity index (χ1) is 8.74. The Balaban J connectivity index is 2.40. The van der Waals surface area contributed by atoms with Crippen LogP contribution < -0.4 is 0 Å². The third kappa shape index (κ3) is 2.49. The minimum Gasteiger partial charge on any atom is -0.292 e. The van der Waals surface area contributed by atoms with Gasteiger partial charge >= 0.3 is 0 Å². The molecular weight excluding hydrogens is 290 g/mol. The van der Waals surface area contributed by atoms with E-state index < -0.39 is 5.92 Å². The number of nitriles is 1. The van der Waals surface area contributed by atoms with Crippen molar-refractivity contribution in [1.29, 1.82) is 5.26 Å². The van der Waals surface area contributed by atoms with Gasteiger partial charge in [0.15, 0.2) is 5.78 Å². The van der Waals surface area contributed by atoms with Crippen LogP contribution in [0.4, 0.5) is 0 Å². The van der Waals surface area contributed by atoms with Gasteiger partial charge in [-0.1, -0.05) is 64.5 Å². The topological polar surface area (TPSA) is 40.9 Å². The molecule has 2 aromatic rings. The highest BCUT2D eigenvalue weighted by atomic mass is 79.9. The van der Waals surface area contributed by atoms with Crippen LogP contribution in [0.25, 0.3) is 0 Å². The molecule has 3 heteroatoms. The van der Waals surface area contributed by atoms with Crippen molar-refractivity contribution in [3.63, 3.8) is 0 Å². The van der Waals surface area contributed by atoms with Gasteiger partial charge in [0.05, 0.1) is 6.07 Å². The van der Waals surface area contributed by atoms with Crippen LogP contribution in [0.3, 0.4) is 0 Å². The molecule has 2 rings (SSSR count). The van der Waals surface area contributed by atoms with Crippen LogP contribution >= 0.6 is 15.9 Å². The predicted octanol–water partition coefficient (Wildman–Crippen LogP) is 3.94. The highest BCUT2D eigenvalue weighted by molar-refractivity contribution is 9.10. The molecule has 0 saturated heterocycles. The molecule has 0 aliphatic rings. The molecule has 1 unspecified atom stereocenters. The molecule has 1 atom stereocenters. The van der Waals surface area contributed by atoms with E-state index in [4.69, 9.17) is 0 Å². The van der Waals surface area contributed by atoms with E-state index >= 15 is 0 Å². The highest BCUT2D eigenvalue weighted by Crippen LogP contribution is 2.27. The minimum absolute atomic E-state index is 0.176. The summed E-state index contributed by atoms with van der Waals surface area (Å²) in [6, 6.07) is 18.3. The monoisotopic (exact) mass is 299 g/mol. The SMILES string of the molecule is N#CC(C(=O)c1ccccc1)c1ccccc1Br. The molecule has 2 aromatic carbocycles. The summed E-state index contributed by atoms with van der Waals surface area (Å²) in [7, 11) is 0. The molecule has 0 saturated carbocycles. The zero-order chi connectivity index (χ0) is 13.0. The van der Waals surface area contributed by atoms with Crippen LogP contribution in [0.1, 0.15) is 21.8 Å². The Morgan fingerprint density at radius 2 is 1.67 bits per heavy atom. The van der Waals surface area contributed by atoms with Gasteiger partial charge in [0.25, 0.3) is 0 Å². The van der Waals surface area contributed by atoms with Gasteiger partial charge in [0, 0.05) is 10.0 Å². The van der Waals surface area contributed by atoms with Crippen molar-refractivity contribution < 1.29 is 4.79 Å². The molecule has 0 aliphatic heterocycles. The fraction of sp³-hybridized carbons (Fsp3) is 0.0667. The van der Waals surface area contributed by atoms with Crippen LogP contribution in [0.5, 0.6) is 0 Å². The van der Waals surface area contributed by atoms with Crippen LogP contribution in [-0.2, 0) is 0 Å². The van der Waals surface area contributed by atoms with Crippen molar-refractivity contribution in [3.05, 3.63) is 70.2 Å². The van der Waals surface area contributed by atoms with Gasteiger partial charge in [-0.05, 0) is 11.6 Å². The van der Waals surface area contributed by atoms with E-state index in [0.29, 0.717) is 11.1 Å². The molecule has 0 aliphatic carbocycles. The first-order valence-corrected chi connectivity index (χ1v) is 6.26. The van der Waals surface area contributed by atoms with E-state index in [-0.39, 0.29) is 5.78 Å². The van der Waals surface area contributed by atoms with Gasteiger partial charge < -0.3 is 0 Å². The molecule has 0 bridgehead atoms. The van der Waals surface area contributed by atoms with Crippen molar-refractivity contribution in [2.45, 2.75) is 5.92 Å². The van der Waals surface area contributed by atoms with E-state index in [9.17, 15) is 10.1 Å². The first kappa shape index (κ1) is 12.5. The van der Waals surface area contributed by atoms with Crippen molar-refractivity contribution in [3.8, 4) is 6.07 Å². The second-order valence-electron chi connectivity index (χ2n) is 3.81. The zero-order valence-electron chi connectivity index (χ0n) is 9.51. The number of hydrogen-bond donors (Lipinski definition) is 0. The standard InChI is InChI=1S/C15H10BrNO/c16-14-9-5-4-8-12(14)13(10-17)15(18)11-6-2-1-3-7-11/h1-9,13H. The van der Waals surface area contributed by atoms with Crippen molar-refractivity contribution in [2.75, 3.05) is 0 Å². The summed E-state index contributed by atoms with van der Waals surface area (Å²) in [5.74, 6) is -0.951. The van der Waals surface area contributed by atoms with Gasteiger partial charge in [-0.2, -0.15) is 5.26 Å². The van der Waals surface area contributed by atoms with Crippen LogP contribution in [0.15, 0.2) is 59.1 Å². The summed E-state index contributed by atoms with van der Waals surface area (Å²) in [6.45, 7) is 0. The van der Waals surface area contributed by atoms with Gasteiger partial charge in [0.2, 0.25) is 0 Å². The Kier molecular flexibility index (Phi) is 3.91. The number of carbonyl (C=O) groups excluding carboxylic acids is 1. The molecule has 2 nitrogen and oxygen atoms in total. The smallest absolute Gasteiger partial charge is 0.184 e. The third-order valence-electron chi connectivity index (χ3n) is 2.67. The fourth-order valence-electron chi connectivity index (χ4n) is 1.75. The van der Waals surface area contributed by atoms with Crippen molar-refractivity contribution in [2.24, 2.45) is 0 Å².